The van der Waals surface area contributed by atoms with E-state index in [0.29, 0.717) is 43.7 Å². The number of likely N-dealkylation sites (tertiary alicyclic amines) is 1. The van der Waals surface area contributed by atoms with Crippen LogP contribution in [0.4, 0.5) is 0 Å². The molecule has 3 aromatic carbocycles. The summed E-state index contributed by atoms with van der Waals surface area (Å²) in [4.78, 5) is 30.5. The Kier molecular flexibility index (Phi) is 7.91. The Balaban J connectivity index is 1.29. The lowest BCUT2D eigenvalue weighted by molar-refractivity contribution is -0.200. The van der Waals surface area contributed by atoms with Crippen LogP contribution in [-0.4, -0.2) is 70.2 Å². The predicted octanol–water partition coefficient (Wildman–Crippen LogP) is 4.91. The number of carbonyl (C=O) groups is 2. The van der Waals surface area contributed by atoms with Gasteiger partial charge in [0.2, 0.25) is 0 Å². The summed E-state index contributed by atoms with van der Waals surface area (Å²) in [5, 5.41) is 13.1. The highest BCUT2D eigenvalue weighted by atomic mass is 16.6. The van der Waals surface area contributed by atoms with Crippen molar-refractivity contribution in [2.45, 2.75) is 82.1 Å². The van der Waals surface area contributed by atoms with E-state index in [2.05, 4.69) is 54.9 Å². The summed E-state index contributed by atoms with van der Waals surface area (Å²) < 4.78 is 12.6. The Labute approximate surface area is 271 Å². The molecule has 2 aliphatic heterocycles. The van der Waals surface area contributed by atoms with Gasteiger partial charge in [0, 0.05) is 43.1 Å². The number of ether oxygens (including phenoxy) is 2. The van der Waals surface area contributed by atoms with Gasteiger partial charge < -0.3 is 19.5 Å². The number of benzene rings is 3. The van der Waals surface area contributed by atoms with Crippen molar-refractivity contribution in [3.8, 4) is 23.3 Å². The number of carbonyl (C=O) groups excluding carboxylic acids is 2. The van der Waals surface area contributed by atoms with Crippen molar-refractivity contribution in [3.05, 3.63) is 95.1 Å². The van der Waals surface area contributed by atoms with Crippen molar-refractivity contribution in [1.82, 2.24) is 9.80 Å². The van der Waals surface area contributed by atoms with E-state index < -0.39 is 23.1 Å². The molecule has 7 rings (SSSR count). The molecule has 46 heavy (non-hydrogen) atoms. The van der Waals surface area contributed by atoms with Crippen LogP contribution in [0.15, 0.2) is 72.8 Å². The monoisotopic (exact) mass is 618 g/mol. The first kappa shape index (κ1) is 30.5. The number of rotatable bonds is 7. The quantitative estimate of drug-likeness (QED) is 0.230. The fourth-order valence-corrected chi connectivity index (χ4v) is 8.81. The van der Waals surface area contributed by atoms with Gasteiger partial charge in [0.25, 0.3) is 5.91 Å². The summed E-state index contributed by atoms with van der Waals surface area (Å²) >= 11 is 0. The van der Waals surface area contributed by atoms with Gasteiger partial charge in [-0.1, -0.05) is 74.4 Å². The Hall–Kier alpha value is -4.12. The molecule has 238 valence electrons. The lowest BCUT2D eigenvalue weighted by Crippen LogP contribution is -2.78. The first-order chi connectivity index (χ1) is 22.2. The van der Waals surface area contributed by atoms with Gasteiger partial charge in [-0.05, 0) is 73.9 Å². The van der Waals surface area contributed by atoms with E-state index in [1.165, 1.54) is 12.5 Å². The Morgan fingerprint density at radius 2 is 1.80 bits per heavy atom. The van der Waals surface area contributed by atoms with Gasteiger partial charge >= 0.3 is 5.97 Å². The lowest BCUT2D eigenvalue weighted by Gasteiger charge is -2.64. The first-order valence-electron chi connectivity index (χ1n) is 16.6. The maximum Gasteiger partial charge on any atom is 0.308 e. The van der Waals surface area contributed by atoms with Crippen LogP contribution in [0, 0.1) is 17.8 Å². The summed E-state index contributed by atoms with van der Waals surface area (Å²) in [5.41, 5.74) is 2.34. The second kappa shape index (κ2) is 11.9. The third-order valence-electron chi connectivity index (χ3n) is 10.6. The summed E-state index contributed by atoms with van der Waals surface area (Å²) in [6, 6.07) is 23.5. The van der Waals surface area contributed by atoms with E-state index in [1.807, 2.05) is 53.4 Å². The Bertz CT molecular complexity index is 1700. The van der Waals surface area contributed by atoms with Gasteiger partial charge in [-0.15, -0.1) is 0 Å². The molecule has 3 aromatic rings. The molecular formula is C39H42N2O5. The van der Waals surface area contributed by atoms with Crippen LogP contribution in [-0.2, 0) is 27.8 Å². The molecule has 4 aliphatic rings. The molecule has 1 spiro atoms. The summed E-state index contributed by atoms with van der Waals surface area (Å²) in [5.74, 6) is 6.46. The molecule has 5 atom stereocenters. The number of esters is 1. The molecule has 2 fully saturated rings. The SMILES string of the molecule is CC(=O)Oc1ccc2c3c1O[C@H]1[C@@H](N(CC(C)C)C(=O)C#Cc4ccccc4)CC[C@@]4(O)[C@@H](C2)N(CCc2ccccc2)CC[C@]314. The molecule has 0 unspecified atom stereocenters. The fourth-order valence-electron chi connectivity index (χ4n) is 8.81. The number of amides is 1. The average molecular weight is 619 g/mol. The van der Waals surface area contributed by atoms with Crippen LogP contribution < -0.4 is 9.47 Å². The van der Waals surface area contributed by atoms with Gasteiger partial charge in [0.1, 0.15) is 6.10 Å². The molecule has 7 heteroatoms. The molecule has 0 aromatic heterocycles. The topological polar surface area (TPSA) is 79.3 Å². The molecular weight excluding hydrogens is 576 g/mol. The number of hydrogen-bond acceptors (Lipinski definition) is 6. The van der Waals surface area contributed by atoms with Crippen molar-refractivity contribution in [3.63, 3.8) is 0 Å². The smallest absolute Gasteiger partial charge is 0.308 e. The normalized spacial score (nSPS) is 27.2. The summed E-state index contributed by atoms with van der Waals surface area (Å²) in [7, 11) is 0. The first-order valence-corrected chi connectivity index (χ1v) is 16.6. The van der Waals surface area contributed by atoms with Crippen LogP contribution >= 0.6 is 0 Å². The van der Waals surface area contributed by atoms with Crippen molar-refractivity contribution in [2.75, 3.05) is 19.6 Å². The van der Waals surface area contributed by atoms with E-state index in [9.17, 15) is 14.7 Å². The highest BCUT2D eigenvalue weighted by Crippen LogP contribution is 2.66. The maximum absolute atomic E-state index is 14.0. The molecule has 7 nitrogen and oxygen atoms in total. The third kappa shape index (κ3) is 4.99. The van der Waals surface area contributed by atoms with Crippen LogP contribution in [0.25, 0.3) is 0 Å². The lowest BCUT2D eigenvalue weighted by atomic mass is 9.48. The minimum atomic E-state index is -1.07. The minimum absolute atomic E-state index is 0.0952. The third-order valence-corrected chi connectivity index (χ3v) is 10.6. The molecule has 2 aliphatic carbocycles. The molecule has 0 radical (unpaired) electrons. The van der Waals surface area contributed by atoms with Crippen molar-refractivity contribution in [1.29, 1.82) is 0 Å². The Morgan fingerprint density at radius 3 is 2.52 bits per heavy atom. The average Bonchev–Trinajstić information content (AvgIpc) is 3.40. The summed E-state index contributed by atoms with van der Waals surface area (Å²) in [6.45, 7) is 7.77. The van der Waals surface area contributed by atoms with Gasteiger partial charge in [0.05, 0.1) is 17.1 Å². The van der Waals surface area contributed by atoms with E-state index >= 15 is 0 Å². The van der Waals surface area contributed by atoms with Gasteiger partial charge in [-0.2, -0.15) is 0 Å². The number of aliphatic hydroxyl groups is 1. The van der Waals surface area contributed by atoms with Gasteiger partial charge in [0.15, 0.2) is 11.5 Å². The minimum Gasteiger partial charge on any atom is -0.483 e. The second-order valence-corrected chi connectivity index (χ2v) is 13.8. The number of piperidine rings is 1. The fraction of sp³-hybridized carbons (Fsp3) is 0.436. The zero-order chi connectivity index (χ0) is 32.1. The molecule has 1 saturated heterocycles. The molecule has 1 N–H and O–H groups in total. The van der Waals surface area contributed by atoms with Gasteiger partial charge in [-0.3, -0.25) is 14.5 Å². The van der Waals surface area contributed by atoms with Crippen LogP contribution in [0.1, 0.15) is 62.3 Å². The van der Waals surface area contributed by atoms with Crippen LogP contribution in [0.5, 0.6) is 11.5 Å². The largest absolute Gasteiger partial charge is 0.483 e. The molecule has 1 saturated carbocycles. The van der Waals surface area contributed by atoms with E-state index in [1.54, 1.807) is 0 Å². The predicted molar refractivity (Wildman–Crippen MR) is 176 cm³/mol. The molecule has 1 amide bonds. The van der Waals surface area contributed by atoms with Crippen molar-refractivity contribution in [2.24, 2.45) is 5.92 Å². The highest BCUT2D eigenvalue weighted by Gasteiger charge is 2.73. The van der Waals surface area contributed by atoms with Crippen molar-refractivity contribution >= 4 is 11.9 Å². The zero-order valence-electron chi connectivity index (χ0n) is 26.9. The zero-order valence-corrected chi connectivity index (χ0v) is 26.9. The van der Waals surface area contributed by atoms with Crippen LogP contribution in [0.2, 0.25) is 0 Å². The number of nitrogens with zero attached hydrogens (tertiary/aromatic N) is 2. The molecule has 2 bridgehead atoms. The van der Waals surface area contributed by atoms with E-state index in [4.69, 9.17) is 9.47 Å². The highest BCUT2D eigenvalue weighted by molar-refractivity contribution is 5.94. The maximum atomic E-state index is 14.0. The van der Waals surface area contributed by atoms with Crippen molar-refractivity contribution < 1.29 is 24.2 Å². The second-order valence-electron chi connectivity index (χ2n) is 13.8. The summed E-state index contributed by atoms with van der Waals surface area (Å²) in [6.07, 6.45) is 2.89. The van der Waals surface area contributed by atoms with E-state index in [-0.39, 0.29) is 23.9 Å². The Morgan fingerprint density at radius 1 is 1.07 bits per heavy atom. The van der Waals surface area contributed by atoms with E-state index in [0.717, 1.165) is 36.2 Å². The standard InChI is InChI=1S/C39H42N2O5/c1-26(2)25-41(34(43)17-14-28-10-6-4-7-11-28)31-18-20-39(44)33-24-30-15-16-32(45-27(3)42)36-35(30)38(39,37(31)46-36)21-23-40(33)22-19-29-12-8-5-9-13-29/h4-13,15-16,26,31,33,37,44H,18-25H2,1-3H3/t31-,33+,37-,38-,39+/m0/s1. The molecule has 2 heterocycles. The van der Waals surface area contributed by atoms with Crippen LogP contribution in [0.3, 0.4) is 0 Å². The number of hydrogen-bond donors (Lipinski definition) is 1. The van der Waals surface area contributed by atoms with Gasteiger partial charge in [-0.25, -0.2) is 0 Å².